The molecule has 23 heavy (non-hydrogen) atoms. The van der Waals surface area contributed by atoms with Crippen molar-refractivity contribution >= 4 is 11.9 Å². The van der Waals surface area contributed by atoms with Crippen LogP contribution in [0.3, 0.4) is 0 Å². The lowest BCUT2D eigenvalue weighted by atomic mass is 9.76. The van der Waals surface area contributed by atoms with E-state index in [0.29, 0.717) is 23.2 Å². The number of benzene rings is 1. The number of fused-ring (bicyclic) bond motifs is 2. The predicted octanol–water partition coefficient (Wildman–Crippen LogP) is 2.51. The van der Waals surface area contributed by atoms with Crippen molar-refractivity contribution in [3.8, 4) is 0 Å². The van der Waals surface area contributed by atoms with Gasteiger partial charge in [-0.25, -0.2) is 4.79 Å². The van der Waals surface area contributed by atoms with E-state index in [-0.39, 0.29) is 5.92 Å². The molecule has 1 N–H and O–H groups in total. The van der Waals surface area contributed by atoms with E-state index in [1.54, 1.807) is 24.3 Å². The molecule has 5 nitrogen and oxygen atoms in total. The molecule has 2 saturated heterocycles. The van der Waals surface area contributed by atoms with E-state index in [0.717, 1.165) is 25.7 Å². The van der Waals surface area contributed by atoms with E-state index in [9.17, 15) is 14.7 Å². The number of ether oxygens (including phenoxy) is 1. The Bertz CT molecular complexity index is 601. The zero-order chi connectivity index (χ0) is 16.6. The number of esters is 1. The van der Waals surface area contributed by atoms with Gasteiger partial charge in [-0.15, -0.1) is 0 Å². The Hall–Kier alpha value is -1.88. The van der Waals surface area contributed by atoms with E-state index < -0.39 is 17.9 Å². The molecule has 0 saturated carbocycles. The van der Waals surface area contributed by atoms with Gasteiger partial charge in [0.2, 0.25) is 0 Å². The third-order valence-electron chi connectivity index (χ3n) is 5.57. The number of rotatable bonds is 4. The number of aliphatic carboxylic acids is 1. The van der Waals surface area contributed by atoms with Gasteiger partial charge >= 0.3 is 11.9 Å². The fourth-order valence-electron chi connectivity index (χ4n) is 4.38. The van der Waals surface area contributed by atoms with E-state index in [2.05, 4.69) is 11.9 Å². The second-order valence-electron chi connectivity index (χ2n) is 6.68. The number of piperidine rings is 1. The summed E-state index contributed by atoms with van der Waals surface area (Å²) in [6, 6.07) is 7.87. The van der Waals surface area contributed by atoms with Gasteiger partial charge in [-0.1, -0.05) is 18.2 Å². The zero-order valence-corrected chi connectivity index (χ0v) is 13.6. The van der Waals surface area contributed by atoms with Gasteiger partial charge in [0.1, 0.15) is 0 Å². The third-order valence-corrected chi connectivity index (χ3v) is 5.57. The summed E-state index contributed by atoms with van der Waals surface area (Å²) in [5.41, 5.74) is 0.953. The first-order chi connectivity index (χ1) is 11.0. The molecule has 0 radical (unpaired) electrons. The van der Waals surface area contributed by atoms with Crippen molar-refractivity contribution in [2.45, 2.75) is 43.7 Å². The molecular weight excluding hydrogens is 294 g/mol. The molecule has 1 aromatic rings. The SMILES string of the molecule is COC(=O)c1ccccc1C(C(=O)O)C1CC2CCC(C1)N2C. The highest BCUT2D eigenvalue weighted by Crippen LogP contribution is 2.44. The van der Waals surface area contributed by atoms with Crippen LogP contribution in [0.25, 0.3) is 0 Å². The number of carboxylic acids is 1. The minimum atomic E-state index is -0.852. The lowest BCUT2D eigenvalue weighted by Gasteiger charge is -2.39. The molecule has 0 aliphatic carbocycles. The van der Waals surface area contributed by atoms with Crippen LogP contribution in [0.5, 0.6) is 0 Å². The van der Waals surface area contributed by atoms with Crippen molar-refractivity contribution in [3.63, 3.8) is 0 Å². The summed E-state index contributed by atoms with van der Waals surface area (Å²) in [6.45, 7) is 0. The number of methoxy groups -OCH3 is 1. The summed E-state index contributed by atoms with van der Waals surface area (Å²) < 4.78 is 4.83. The fraction of sp³-hybridized carbons (Fsp3) is 0.556. The highest BCUT2D eigenvalue weighted by Gasteiger charge is 2.44. The molecule has 1 aromatic carbocycles. The van der Waals surface area contributed by atoms with Crippen LogP contribution < -0.4 is 0 Å². The number of carboxylic acid groups (broad SMARTS) is 1. The van der Waals surface area contributed by atoms with Crippen molar-refractivity contribution in [3.05, 3.63) is 35.4 Å². The molecule has 2 heterocycles. The van der Waals surface area contributed by atoms with Gasteiger partial charge in [-0.05, 0) is 50.3 Å². The highest BCUT2D eigenvalue weighted by molar-refractivity contribution is 5.93. The van der Waals surface area contributed by atoms with Gasteiger partial charge in [-0.3, -0.25) is 4.79 Å². The van der Waals surface area contributed by atoms with Crippen LogP contribution in [0.2, 0.25) is 0 Å². The van der Waals surface area contributed by atoms with Gasteiger partial charge in [0.25, 0.3) is 0 Å². The highest BCUT2D eigenvalue weighted by atomic mass is 16.5. The predicted molar refractivity (Wildman–Crippen MR) is 85.5 cm³/mol. The van der Waals surface area contributed by atoms with Crippen LogP contribution in [-0.4, -0.2) is 48.2 Å². The van der Waals surface area contributed by atoms with Gasteiger partial charge in [0, 0.05) is 12.1 Å². The average molecular weight is 317 g/mol. The van der Waals surface area contributed by atoms with Gasteiger partial charge in [-0.2, -0.15) is 0 Å². The first-order valence-electron chi connectivity index (χ1n) is 8.15. The lowest BCUT2D eigenvalue weighted by Crippen LogP contribution is -2.42. The summed E-state index contributed by atoms with van der Waals surface area (Å²) in [6.07, 6.45) is 4.03. The summed E-state index contributed by atoms with van der Waals surface area (Å²) >= 11 is 0. The third kappa shape index (κ3) is 2.85. The second kappa shape index (κ2) is 6.32. The maximum Gasteiger partial charge on any atom is 0.338 e. The minimum absolute atomic E-state index is 0.0620. The first-order valence-corrected chi connectivity index (χ1v) is 8.15. The maximum absolute atomic E-state index is 12.0. The van der Waals surface area contributed by atoms with Crippen LogP contribution in [0.1, 0.15) is 47.5 Å². The number of hydrogen-bond donors (Lipinski definition) is 1. The van der Waals surface area contributed by atoms with Crippen molar-refractivity contribution < 1.29 is 19.4 Å². The summed E-state index contributed by atoms with van der Waals surface area (Å²) in [5, 5.41) is 9.85. The Balaban J connectivity index is 1.95. The van der Waals surface area contributed by atoms with E-state index in [1.165, 1.54) is 7.11 Å². The Kier molecular flexibility index (Phi) is 4.39. The number of nitrogens with zero attached hydrogens (tertiary/aromatic N) is 1. The molecule has 5 heteroatoms. The molecule has 3 atom stereocenters. The largest absolute Gasteiger partial charge is 0.481 e. The molecule has 2 aliphatic heterocycles. The summed E-state index contributed by atoms with van der Waals surface area (Å²) in [5.74, 6) is -1.91. The average Bonchev–Trinajstić information content (AvgIpc) is 2.76. The lowest BCUT2D eigenvalue weighted by molar-refractivity contribution is -0.141. The van der Waals surface area contributed by atoms with E-state index in [4.69, 9.17) is 4.74 Å². The molecule has 0 aromatic heterocycles. The van der Waals surface area contributed by atoms with Crippen LogP contribution in [0, 0.1) is 5.92 Å². The van der Waals surface area contributed by atoms with Crippen LogP contribution in [0.15, 0.2) is 24.3 Å². The van der Waals surface area contributed by atoms with Gasteiger partial charge in [0.15, 0.2) is 0 Å². The monoisotopic (exact) mass is 317 g/mol. The molecule has 0 amide bonds. The molecule has 2 fully saturated rings. The molecule has 0 spiro atoms. The van der Waals surface area contributed by atoms with Crippen LogP contribution >= 0.6 is 0 Å². The molecule has 3 rings (SSSR count). The van der Waals surface area contributed by atoms with Crippen molar-refractivity contribution in [2.24, 2.45) is 5.92 Å². The first kappa shape index (κ1) is 16.0. The van der Waals surface area contributed by atoms with E-state index >= 15 is 0 Å². The van der Waals surface area contributed by atoms with Gasteiger partial charge < -0.3 is 14.7 Å². The minimum Gasteiger partial charge on any atom is -0.481 e. The standard InChI is InChI=1S/C18H23NO4/c1-19-12-7-8-13(19)10-11(9-12)16(17(20)21)14-5-3-4-6-15(14)18(22)23-2/h3-6,11-13,16H,7-10H2,1-2H3,(H,20,21). The molecule has 2 aliphatic rings. The Labute approximate surface area is 136 Å². The van der Waals surface area contributed by atoms with Crippen LogP contribution in [-0.2, 0) is 9.53 Å². The zero-order valence-electron chi connectivity index (χ0n) is 13.6. The molecule has 3 unspecified atom stereocenters. The molecule has 124 valence electrons. The molecular formula is C18H23NO4. The quantitative estimate of drug-likeness (QED) is 0.864. The topological polar surface area (TPSA) is 66.8 Å². The molecule has 2 bridgehead atoms. The summed E-state index contributed by atoms with van der Waals surface area (Å²) in [4.78, 5) is 26.4. The summed E-state index contributed by atoms with van der Waals surface area (Å²) in [7, 11) is 3.46. The fourth-order valence-corrected chi connectivity index (χ4v) is 4.38. The Morgan fingerprint density at radius 2 is 1.83 bits per heavy atom. The number of carbonyl (C=O) groups excluding carboxylic acids is 1. The number of hydrogen-bond acceptors (Lipinski definition) is 4. The van der Waals surface area contributed by atoms with Gasteiger partial charge in [0.05, 0.1) is 18.6 Å². The van der Waals surface area contributed by atoms with Crippen molar-refractivity contribution in [1.29, 1.82) is 0 Å². The maximum atomic E-state index is 12.0. The second-order valence-corrected chi connectivity index (χ2v) is 6.68. The number of carbonyl (C=O) groups is 2. The smallest absolute Gasteiger partial charge is 0.338 e. The van der Waals surface area contributed by atoms with Crippen molar-refractivity contribution in [2.75, 3.05) is 14.2 Å². The van der Waals surface area contributed by atoms with Crippen LogP contribution in [0.4, 0.5) is 0 Å². The van der Waals surface area contributed by atoms with E-state index in [1.807, 2.05) is 0 Å². The Morgan fingerprint density at radius 1 is 1.22 bits per heavy atom. The normalized spacial score (nSPS) is 28.3. The Morgan fingerprint density at radius 3 is 2.39 bits per heavy atom. The van der Waals surface area contributed by atoms with Crippen molar-refractivity contribution in [1.82, 2.24) is 4.90 Å².